The van der Waals surface area contributed by atoms with E-state index in [0.29, 0.717) is 34.3 Å². The monoisotopic (exact) mass is 581 g/mol. The van der Waals surface area contributed by atoms with Gasteiger partial charge in [-0.3, -0.25) is 14.5 Å². The van der Waals surface area contributed by atoms with Crippen LogP contribution in [0.3, 0.4) is 0 Å². The Balaban J connectivity index is 1.36. The van der Waals surface area contributed by atoms with Gasteiger partial charge in [-0.15, -0.1) is 0 Å². The summed E-state index contributed by atoms with van der Waals surface area (Å²) in [5, 5.41) is 9.27. The maximum Gasteiger partial charge on any atom is 0.255 e. The molecule has 9 nitrogen and oxygen atoms in total. The molecule has 40 heavy (non-hydrogen) atoms. The highest BCUT2D eigenvalue weighted by Gasteiger charge is 2.40. The van der Waals surface area contributed by atoms with Crippen LogP contribution in [0.25, 0.3) is 0 Å². The molecule has 11 heteroatoms. The van der Waals surface area contributed by atoms with E-state index in [1.807, 2.05) is 35.4 Å². The Kier molecular flexibility index (Phi) is 9.11. The predicted molar refractivity (Wildman–Crippen MR) is 158 cm³/mol. The zero-order valence-electron chi connectivity index (χ0n) is 22.5. The summed E-state index contributed by atoms with van der Waals surface area (Å²) >= 11 is 7.85. The highest BCUT2D eigenvalue weighted by molar-refractivity contribution is 8.16. The molecule has 2 N–H and O–H groups in total. The molecule has 0 radical (unpaired) electrons. The Hall–Kier alpha value is -3.31. The number of ether oxygens (including phenoxy) is 2. The molecule has 0 saturated carbocycles. The lowest BCUT2D eigenvalue weighted by Gasteiger charge is -2.36. The van der Waals surface area contributed by atoms with Gasteiger partial charge in [0.1, 0.15) is 5.75 Å². The van der Waals surface area contributed by atoms with Crippen LogP contribution in [0.2, 0.25) is 5.02 Å². The number of hydrogen-bond donors (Lipinski definition) is 2. The number of nitrogens with zero attached hydrogens (tertiary/aromatic N) is 3. The van der Waals surface area contributed by atoms with Crippen LogP contribution in [0.5, 0.6) is 5.75 Å². The molecular formula is C29H32ClN5O4S. The number of hydrogen-bond acceptors (Lipinski definition) is 8. The standard InChI is InChI=1S/C29H32ClN5O4S/c1-19-26(28(37)33-22-6-8-24(38-2)9-7-22)27(20-4-3-5-21(30)16-20)35-23(18-40-29(35)32-19)17-25(36)31-10-11-34-12-14-39-15-13-34/h3-9,16,18,27H,10-15,17H2,1-2H3,(H,31,36)(H,33,37). The first kappa shape index (κ1) is 28.2. The van der Waals surface area contributed by atoms with Crippen molar-refractivity contribution in [2.75, 3.05) is 51.8 Å². The van der Waals surface area contributed by atoms with Gasteiger partial charge in [0.25, 0.3) is 5.91 Å². The number of carbonyl (C=O) groups excluding carboxylic acids is 2. The average Bonchev–Trinajstić information content (AvgIpc) is 3.34. The summed E-state index contributed by atoms with van der Waals surface area (Å²) in [5.41, 5.74) is 3.35. The molecule has 3 heterocycles. The number of aliphatic imine (C=N–C) groups is 1. The minimum atomic E-state index is -0.508. The zero-order chi connectivity index (χ0) is 28.1. The molecule has 0 aromatic heterocycles. The molecule has 0 spiro atoms. The van der Waals surface area contributed by atoms with Crippen LogP contribution in [0.4, 0.5) is 5.69 Å². The van der Waals surface area contributed by atoms with Crippen molar-refractivity contribution in [3.05, 3.63) is 81.5 Å². The molecule has 2 aromatic rings. The smallest absolute Gasteiger partial charge is 0.255 e. The summed E-state index contributed by atoms with van der Waals surface area (Å²) < 4.78 is 10.6. The molecule has 2 amide bonds. The minimum Gasteiger partial charge on any atom is -0.497 e. The van der Waals surface area contributed by atoms with E-state index in [2.05, 4.69) is 15.5 Å². The fraction of sp³-hybridized carbons (Fsp3) is 0.345. The van der Waals surface area contributed by atoms with E-state index in [1.165, 1.54) is 11.8 Å². The first-order chi connectivity index (χ1) is 19.4. The topological polar surface area (TPSA) is 95.5 Å². The molecule has 1 atom stereocenters. The molecule has 0 bridgehead atoms. The van der Waals surface area contributed by atoms with E-state index in [1.54, 1.807) is 37.4 Å². The second-order valence-electron chi connectivity index (χ2n) is 9.61. The normalized spacial score (nSPS) is 19.1. The zero-order valence-corrected chi connectivity index (χ0v) is 24.1. The molecule has 210 valence electrons. The molecule has 5 rings (SSSR count). The third-order valence-corrected chi connectivity index (χ3v) is 8.08. The van der Waals surface area contributed by atoms with Crippen LogP contribution in [-0.4, -0.2) is 73.3 Å². The molecule has 1 fully saturated rings. The largest absolute Gasteiger partial charge is 0.497 e. The summed E-state index contributed by atoms with van der Waals surface area (Å²) in [6.07, 6.45) is 0.165. The summed E-state index contributed by atoms with van der Waals surface area (Å²) in [5.74, 6) is 0.340. The van der Waals surface area contributed by atoms with Gasteiger partial charge in [-0.1, -0.05) is 35.5 Å². The highest BCUT2D eigenvalue weighted by Crippen LogP contribution is 2.45. The summed E-state index contributed by atoms with van der Waals surface area (Å²) in [6, 6.07) is 14.1. The number of anilines is 1. The SMILES string of the molecule is COc1ccc(NC(=O)C2=C(C)N=C3SC=C(CC(=O)NCCN4CCOCC4)N3C2c2cccc(Cl)c2)cc1. The molecule has 2 aromatic carbocycles. The van der Waals surface area contributed by atoms with Crippen molar-refractivity contribution in [1.29, 1.82) is 0 Å². The highest BCUT2D eigenvalue weighted by atomic mass is 35.5. The number of amides is 2. The molecule has 1 saturated heterocycles. The second kappa shape index (κ2) is 12.9. The number of nitrogens with one attached hydrogen (secondary N) is 2. The summed E-state index contributed by atoms with van der Waals surface area (Å²) in [7, 11) is 1.60. The van der Waals surface area contributed by atoms with Crippen molar-refractivity contribution >= 4 is 46.0 Å². The number of thioether (sulfide) groups is 1. The number of fused-ring (bicyclic) bond motifs is 1. The van der Waals surface area contributed by atoms with E-state index in [4.69, 9.17) is 26.1 Å². The van der Waals surface area contributed by atoms with Gasteiger partial charge in [-0.25, -0.2) is 4.99 Å². The van der Waals surface area contributed by atoms with Gasteiger partial charge in [0, 0.05) is 42.6 Å². The molecular weight excluding hydrogens is 550 g/mol. The lowest BCUT2D eigenvalue weighted by Crippen LogP contribution is -2.42. The van der Waals surface area contributed by atoms with Crippen LogP contribution in [0.1, 0.15) is 24.9 Å². The first-order valence-electron chi connectivity index (χ1n) is 13.1. The Morgan fingerprint density at radius 1 is 1.18 bits per heavy atom. The van der Waals surface area contributed by atoms with E-state index in [9.17, 15) is 9.59 Å². The van der Waals surface area contributed by atoms with Crippen molar-refractivity contribution in [2.45, 2.75) is 19.4 Å². The number of rotatable bonds is 9. The number of halogens is 1. The van der Waals surface area contributed by atoms with E-state index in [0.717, 1.165) is 49.3 Å². The number of amidine groups is 1. The predicted octanol–water partition coefficient (Wildman–Crippen LogP) is 4.40. The van der Waals surface area contributed by atoms with Crippen molar-refractivity contribution < 1.29 is 19.1 Å². The Labute approximate surface area is 243 Å². The Bertz CT molecular complexity index is 1350. The minimum absolute atomic E-state index is 0.0817. The van der Waals surface area contributed by atoms with Crippen molar-refractivity contribution in [3.8, 4) is 5.75 Å². The maximum atomic E-state index is 13.8. The fourth-order valence-electron chi connectivity index (χ4n) is 4.93. The van der Waals surface area contributed by atoms with Crippen LogP contribution in [-0.2, 0) is 14.3 Å². The number of allylic oxidation sites excluding steroid dienone is 1. The lowest BCUT2D eigenvalue weighted by atomic mass is 9.93. The van der Waals surface area contributed by atoms with Crippen molar-refractivity contribution in [3.63, 3.8) is 0 Å². The van der Waals surface area contributed by atoms with Gasteiger partial charge < -0.3 is 25.0 Å². The van der Waals surface area contributed by atoms with Gasteiger partial charge in [-0.2, -0.15) is 0 Å². The third-order valence-electron chi connectivity index (χ3n) is 6.95. The quantitative estimate of drug-likeness (QED) is 0.453. The molecule has 3 aliphatic rings. The molecule has 1 unspecified atom stereocenters. The van der Waals surface area contributed by atoms with Gasteiger partial charge in [0.2, 0.25) is 5.91 Å². The van der Waals surface area contributed by atoms with E-state index >= 15 is 0 Å². The number of methoxy groups -OCH3 is 1. The van der Waals surface area contributed by atoms with Crippen LogP contribution in [0.15, 0.2) is 75.9 Å². The van der Waals surface area contributed by atoms with E-state index in [-0.39, 0.29) is 18.2 Å². The number of carbonyl (C=O) groups is 2. The average molecular weight is 582 g/mol. The third kappa shape index (κ3) is 6.52. The number of benzene rings is 2. The summed E-state index contributed by atoms with van der Waals surface area (Å²) in [4.78, 5) is 35.8. The van der Waals surface area contributed by atoms with Crippen molar-refractivity contribution in [1.82, 2.24) is 15.1 Å². The lowest BCUT2D eigenvalue weighted by molar-refractivity contribution is -0.120. The van der Waals surface area contributed by atoms with Gasteiger partial charge in [-0.05, 0) is 54.3 Å². The number of morpholine rings is 1. The van der Waals surface area contributed by atoms with Crippen LogP contribution >= 0.6 is 23.4 Å². The molecule has 0 aliphatic carbocycles. The van der Waals surface area contributed by atoms with Crippen LogP contribution < -0.4 is 15.4 Å². The van der Waals surface area contributed by atoms with Crippen LogP contribution in [0, 0.1) is 0 Å². The maximum absolute atomic E-state index is 13.8. The first-order valence-corrected chi connectivity index (χ1v) is 14.4. The Morgan fingerprint density at radius 3 is 2.67 bits per heavy atom. The second-order valence-corrected chi connectivity index (χ2v) is 10.9. The summed E-state index contributed by atoms with van der Waals surface area (Å²) in [6.45, 7) is 6.37. The Morgan fingerprint density at radius 2 is 1.95 bits per heavy atom. The molecule has 3 aliphatic heterocycles. The van der Waals surface area contributed by atoms with Gasteiger partial charge >= 0.3 is 0 Å². The van der Waals surface area contributed by atoms with Gasteiger partial charge in [0.05, 0.1) is 44.1 Å². The fourth-order valence-corrected chi connectivity index (χ4v) is 6.09. The van der Waals surface area contributed by atoms with Gasteiger partial charge in [0.15, 0.2) is 5.17 Å². The van der Waals surface area contributed by atoms with Crippen molar-refractivity contribution in [2.24, 2.45) is 4.99 Å². The van der Waals surface area contributed by atoms with E-state index < -0.39 is 6.04 Å².